The maximum atomic E-state index is 12.4. The van der Waals surface area contributed by atoms with E-state index in [1.807, 2.05) is 0 Å². The standard InChI is InChI=1S/C19H17BrN2O5/c1-27-15-8-2-12(3-9-15)10-16(19(26)21-11-17(23)24)22-18(25)13-4-6-14(20)7-5-13/h2-10H,11H2,1H3,(H,21,26)(H,22,25)(H,23,24)/b16-10+. The Morgan fingerprint density at radius 2 is 1.70 bits per heavy atom. The van der Waals surface area contributed by atoms with Gasteiger partial charge in [-0.2, -0.15) is 0 Å². The molecule has 0 atom stereocenters. The highest BCUT2D eigenvalue weighted by atomic mass is 79.9. The second-order valence-electron chi connectivity index (χ2n) is 5.37. The first-order chi connectivity index (χ1) is 12.9. The van der Waals surface area contributed by atoms with Crippen LogP contribution in [0.25, 0.3) is 6.08 Å². The van der Waals surface area contributed by atoms with Crippen molar-refractivity contribution in [2.75, 3.05) is 13.7 Å². The highest BCUT2D eigenvalue weighted by molar-refractivity contribution is 9.10. The first-order valence-corrected chi connectivity index (χ1v) is 8.61. The minimum Gasteiger partial charge on any atom is -0.497 e. The minimum absolute atomic E-state index is 0.0747. The van der Waals surface area contributed by atoms with E-state index >= 15 is 0 Å². The van der Waals surface area contributed by atoms with Crippen LogP contribution in [0, 0.1) is 0 Å². The number of carboxylic acids is 1. The summed E-state index contributed by atoms with van der Waals surface area (Å²) in [7, 11) is 1.54. The quantitative estimate of drug-likeness (QED) is 0.582. The Bertz CT molecular complexity index is 861. The van der Waals surface area contributed by atoms with E-state index in [9.17, 15) is 14.4 Å². The van der Waals surface area contributed by atoms with Crippen LogP contribution in [-0.4, -0.2) is 36.5 Å². The average molecular weight is 433 g/mol. The molecule has 140 valence electrons. The number of carboxylic acid groups (broad SMARTS) is 1. The number of hydrogen-bond donors (Lipinski definition) is 3. The third-order valence-electron chi connectivity index (χ3n) is 3.43. The van der Waals surface area contributed by atoms with Crippen molar-refractivity contribution in [3.63, 3.8) is 0 Å². The van der Waals surface area contributed by atoms with Crippen LogP contribution in [0.3, 0.4) is 0 Å². The number of halogens is 1. The van der Waals surface area contributed by atoms with E-state index in [0.29, 0.717) is 16.9 Å². The average Bonchev–Trinajstić information content (AvgIpc) is 2.66. The summed E-state index contributed by atoms with van der Waals surface area (Å²) in [6.45, 7) is -0.563. The van der Waals surface area contributed by atoms with Gasteiger partial charge in [0.1, 0.15) is 18.0 Å². The topological polar surface area (TPSA) is 105 Å². The zero-order valence-electron chi connectivity index (χ0n) is 14.4. The second-order valence-corrected chi connectivity index (χ2v) is 6.28. The van der Waals surface area contributed by atoms with Gasteiger partial charge in [-0.3, -0.25) is 14.4 Å². The van der Waals surface area contributed by atoms with E-state index in [1.165, 1.54) is 13.2 Å². The molecule has 0 fully saturated rings. The fourth-order valence-corrected chi connectivity index (χ4v) is 2.34. The van der Waals surface area contributed by atoms with Gasteiger partial charge in [-0.05, 0) is 48.0 Å². The summed E-state index contributed by atoms with van der Waals surface area (Å²) in [5.74, 6) is -1.75. The number of methoxy groups -OCH3 is 1. The van der Waals surface area contributed by atoms with Crippen molar-refractivity contribution in [3.8, 4) is 5.75 Å². The molecule has 0 radical (unpaired) electrons. The lowest BCUT2D eigenvalue weighted by atomic mass is 10.1. The molecule has 27 heavy (non-hydrogen) atoms. The summed E-state index contributed by atoms with van der Waals surface area (Å²) in [6.07, 6.45) is 1.45. The Morgan fingerprint density at radius 3 is 2.26 bits per heavy atom. The SMILES string of the molecule is COc1ccc(/C=C(/NC(=O)c2ccc(Br)cc2)C(=O)NCC(=O)O)cc1. The first kappa shape index (κ1) is 20.2. The van der Waals surface area contributed by atoms with Gasteiger partial charge in [0.2, 0.25) is 0 Å². The smallest absolute Gasteiger partial charge is 0.322 e. The van der Waals surface area contributed by atoms with Gasteiger partial charge >= 0.3 is 5.97 Å². The number of rotatable bonds is 7. The maximum Gasteiger partial charge on any atom is 0.322 e. The number of carbonyl (C=O) groups is 3. The molecule has 0 bridgehead atoms. The van der Waals surface area contributed by atoms with Crippen LogP contribution in [0.15, 0.2) is 58.7 Å². The highest BCUT2D eigenvalue weighted by Gasteiger charge is 2.15. The van der Waals surface area contributed by atoms with Gasteiger partial charge in [0, 0.05) is 10.0 Å². The van der Waals surface area contributed by atoms with E-state index in [1.54, 1.807) is 48.5 Å². The normalized spacial score (nSPS) is 10.8. The van der Waals surface area contributed by atoms with E-state index < -0.39 is 24.3 Å². The van der Waals surface area contributed by atoms with Crippen LogP contribution in [0.1, 0.15) is 15.9 Å². The van der Waals surface area contributed by atoms with Crippen LogP contribution >= 0.6 is 15.9 Å². The molecule has 8 heteroatoms. The lowest BCUT2D eigenvalue weighted by molar-refractivity contribution is -0.137. The van der Waals surface area contributed by atoms with Crippen molar-refractivity contribution in [2.45, 2.75) is 0 Å². The highest BCUT2D eigenvalue weighted by Crippen LogP contribution is 2.14. The van der Waals surface area contributed by atoms with E-state index in [-0.39, 0.29) is 5.70 Å². The van der Waals surface area contributed by atoms with E-state index in [4.69, 9.17) is 9.84 Å². The molecule has 0 saturated carbocycles. The van der Waals surface area contributed by atoms with Crippen molar-refractivity contribution in [3.05, 3.63) is 69.8 Å². The monoisotopic (exact) mass is 432 g/mol. The van der Waals surface area contributed by atoms with E-state index in [0.717, 1.165) is 4.47 Å². The fraction of sp³-hybridized carbons (Fsp3) is 0.105. The summed E-state index contributed by atoms with van der Waals surface area (Å²) in [6, 6.07) is 13.4. The number of hydrogen-bond acceptors (Lipinski definition) is 4. The summed E-state index contributed by atoms with van der Waals surface area (Å²) in [5.41, 5.74) is 0.909. The largest absolute Gasteiger partial charge is 0.497 e. The van der Waals surface area contributed by atoms with Gasteiger partial charge in [0.15, 0.2) is 0 Å². The zero-order valence-corrected chi connectivity index (χ0v) is 15.9. The molecule has 0 aliphatic rings. The first-order valence-electron chi connectivity index (χ1n) is 7.81. The molecule has 2 aromatic rings. The Morgan fingerprint density at radius 1 is 1.07 bits per heavy atom. The summed E-state index contributed by atoms with van der Waals surface area (Å²) in [5, 5.41) is 13.5. The van der Waals surface area contributed by atoms with E-state index in [2.05, 4.69) is 26.6 Å². The van der Waals surface area contributed by atoms with Gasteiger partial charge in [-0.15, -0.1) is 0 Å². The number of nitrogens with one attached hydrogen (secondary N) is 2. The molecule has 0 aliphatic heterocycles. The Hall–Kier alpha value is -3.13. The molecule has 2 rings (SSSR count). The lowest BCUT2D eigenvalue weighted by Crippen LogP contribution is -2.37. The van der Waals surface area contributed by atoms with Gasteiger partial charge < -0.3 is 20.5 Å². The van der Waals surface area contributed by atoms with Crippen LogP contribution in [0.4, 0.5) is 0 Å². The molecular weight excluding hydrogens is 416 g/mol. The Balaban J connectivity index is 2.26. The van der Waals surface area contributed by atoms with Crippen molar-refractivity contribution < 1.29 is 24.2 Å². The molecule has 3 N–H and O–H groups in total. The Labute approximate surface area is 164 Å². The molecule has 0 unspecified atom stereocenters. The van der Waals surface area contributed by atoms with Crippen LogP contribution in [0.5, 0.6) is 5.75 Å². The molecule has 2 amide bonds. The number of benzene rings is 2. The predicted octanol–water partition coefficient (Wildman–Crippen LogP) is 2.43. The van der Waals surface area contributed by atoms with Gasteiger partial charge in [0.05, 0.1) is 7.11 Å². The zero-order chi connectivity index (χ0) is 19.8. The number of aliphatic carboxylic acids is 1. The third-order valence-corrected chi connectivity index (χ3v) is 3.95. The molecule has 0 heterocycles. The molecule has 0 saturated heterocycles. The van der Waals surface area contributed by atoms with Gasteiger partial charge in [0.25, 0.3) is 11.8 Å². The van der Waals surface area contributed by atoms with Crippen LogP contribution in [0.2, 0.25) is 0 Å². The maximum absolute atomic E-state index is 12.4. The molecule has 0 aliphatic carbocycles. The lowest BCUT2D eigenvalue weighted by Gasteiger charge is -2.10. The summed E-state index contributed by atoms with van der Waals surface area (Å²) >= 11 is 3.29. The fourth-order valence-electron chi connectivity index (χ4n) is 2.07. The number of amides is 2. The third kappa shape index (κ3) is 6.27. The molecule has 2 aromatic carbocycles. The van der Waals surface area contributed by atoms with Crippen molar-refractivity contribution in [1.29, 1.82) is 0 Å². The molecular formula is C19H17BrN2O5. The molecule has 0 spiro atoms. The van der Waals surface area contributed by atoms with Crippen molar-refractivity contribution in [2.24, 2.45) is 0 Å². The van der Waals surface area contributed by atoms with Crippen LogP contribution in [-0.2, 0) is 9.59 Å². The Kier molecular flexibility index (Phi) is 7.13. The van der Waals surface area contributed by atoms with Crippen LogP contribution < -0.4 is 15.4 Å². The predicted molar refractivity (Wildman–Crippen MR) is 103 cm³/mol. The number of carbonyl (C=O) groups excluding carboxylic acids is 2. The minimum atomic E-state index is -1.19. The van der Waals surface area contributed by atoms with Crippen molar-refractivity contribution in [1.82, 2.24) is 10.6 Å². The van der Waals surface area contributed by atoms with Gasteiger partial charge in [-0.1, -0.05) is 28.1 Å². The summed E-state index contributed by atoms with van der Waals surface area (Å²) in [4.78, 5) is 35.4. The molecule has 0 aromatic heterocycles. The second kappa shape index (κ2) is 9.54. The van der Waals surface area contributed by atoms with Crippen molar-refractivity contribution >= 4 is 39.8 Å². The molecule has 7 nitrogen and oxygen atoms in total. The summed E-state index contributed by atoms with van der Waals surface area (Å²) < 4.78 is 5.89. The number of ether oxygens (including phenoxy) is 1. The van der Waals surface area contributed by atoms with Gasteiger partial charge in [-0.25, -0.2) is 0 Å².